The minimum atomic E-state index is 0.292. The number of hydrogen-bond donors (Lipinski definition) is 3. The fourth-order valence-electron chi connectivity index (χ4n) is 3.51. The predicted molar refractivity (Wildman–Crippen MR) is 93.7 cm³/mol. The Kier molecular flexibility index (Phi) is 4.09. The first-order valence-corrected chi connectivity index (χ1v) is 9.27. The van der Waals surface area contributed by atoms with Gasteiger partial charge in [0.2, 0.25) is 0 Å². The molecule has 2 unspecified atom stereocenters. The molecule has 23 heavy (non-hydrogen) atoms. The maximum atomic E-state index is 9.60. The second-order valence-corrected chi connectivity index (χ2v) is 7.91. The lowest BCUT2D eigenvalue weighted by molar-refractivity contribution is 0.340. The number of nitrogens with one attached hydrogen (secondary N) is 1. The zero-order valence-electron chi connectivity index (χ0n) is 13.1. The van der Waals surface area contributed by atoms with Crippen LogP contribution < -0.4 is 11.1 Å². The zero-order chi connectivity index (χ0) is 15.8. The number of benzene rings is 1. The van der Waals surface area contributed by atoms with E-state index in [4.69, 9.17) is 5.73 Å². The molecule has 2 fully saturated rings. The molecule has 0 spiro atoms. The third-order valence-corrected chi connectivity index (χ3v) is 6.17. The number of nitrogens with two attached hydrogens (primary N) is 1. The van der Waals surface area contributed by atoms with E-state index in [1.165, 1.54) is 24.1 Å². The van der Waals surface area contributed by atoms with Crippen LogP contribution in [0.4, 0.5) is 0 Å². The molecular weight excluding hydrogens is 306 g/mol. The van der Waals surface area contributed by atoms with Crippen LogP contribution in [0.2, 0.25) is 0 Å². The van der Waals surface area contributed by atoms with E-state index in [-0.39, 0.29) is 0 Å². The average molecular weight is 329 g/mol. The number of hydrogen-bond acceptors (Lipinski definition) is 5. The van der Waals surface area contributed by atoms with E-state index in [2.05, 4.69) is 10.3 Å². The summed E-state index contributed by atoms with van der Waals surface area (Å²) in [4.78, 5) is 5.90. The van der Waals surface area contributed by atoms with Crippen LogP contribution >= 0.6 is 11.3 Å². The summed E-state index contributed by atoms with van der Waals surface area (Å²) in [5.41, 5.74) is 6.97. The Balaban J connectivity index is 1.37. The third kappa shape index (κ3) is 3.42. The van der Waals surface area contributed by atoms with Crippen LogP contribution in [0.1, 0.15) is 42.9 Å². The van der Waals surface area contributed by atoms with E-state index < -0.39 is 0 Å². The Hall–Kier alpha value is -1.43. The first kappa shape index (κ1) is 15.1. The van der Waals surface area contributed by atoms with Crippen molar-refractivity contribution in [2.45, 2.75) is 56.1 Å². The molecule has 0 amide bonds. The minimum Gasteiger partial charge on any atom is -0.508 e. The van der Waals surface area contributed by atoms with E-state index >= 15 is 0 Å². The van der Waals surface area contributed by atoms with Crippen molar-refractivity contribution >= 4 is 11.3 Å². The number of rotatable bonds is 4. The zero-order valence-corrected chi connectivity index (χ0v) is 13.9. The van der Waals surface area contributed by atoms with Crippen molar-refractivity contribution in [1.29, 1.82) is 0 Å². The number of phenols is 1. The number of phenolic OH excluding ortho intramolecular Hbond substituents is 1. The van der Waals surface area contributed by atoms with Crippen molar-refractivity contribution < 1.29 is 5.11 Å². The SMILES string of the molecule is NC1CCC(NC2CC2c2cnc(-c3cccc(O)c3)s2)CC1. The van der Waals surface area contributed by atoms with Gasteiger partial charge in [-0.2, -0.15) is 0 Å². The summed E-state index contributed by atoms with van der Waals surface area (Å²) in [6.45, 7) is 0. The van der Waals surface area contributed by atoms with Gasteiger partial charge in [-0.05, 0) is 44.2 Å². The molecule has 4 nitrogen and oxygen atoms in total. The van der Waals surface area contributed by atoms with Gasteiger partial charge in [0.1, 0.15) is 10.8 Å². The van der Waals surface area contributed by atoms with Gasteiger partial charge in [0, 0.05) is 40.7 Å². The summed E-state index contributed by atoms with van der Waals surface area (Å²) in [5, 5.41) is 14.4. The first-order chi connectivity index (χ1) is 11.2. The lowest BCUT2D eigenvalue weighted by Crippen LogP contribution is -2.38. The summed E-state index contributed by atoms with van der Waals surface area (Å²) in [7, 11) is 0. The molecular formula is C18H23N3OS. The standard InChI is InChI=1S/C18H23N3OS/c19-12-4-6-13(7-5-12)21-16-9-15(16)17-10-20-18(23-17)11-2-1-3-14(22)8-11/h1-3,8,10,12-13,15-16,21-22H,4-7,9,19H2. The van der Waals surface area contributed by atoms with Gasteiger partial charge in [0.25, 0.3) is 0 Å². The van der Waals surface area contributed by atoms with E-state index in [0.717, 1.165) is 23.4 Å². The van der Waals surface area contributed by atoms with Crippen LogP contribution in [0.15, 0.2) is 30.5 Å². The molecule has 2 aromatic rings. The van der Waals surface area contributed by atoms with Crippen LogP contribution in [-0.2, 0) is 0 Å². The van der Waals surface area contributed by atoms with Gasteiger partial charge in [-0.15, -0.1) is 11.3 Å². The molecule has 0 radical (unpaired) electrons. The van der Waals surface area contributed by atoms with Crippen LogP contribution in [0.25, 0.3) is 10.6 Å². The molecule has 2 atom stereocenters. The molecule has 4 rings (SSSR count). The van der Waals surface area contributed by atoms with Crippen molar-refractivity contribution in [1.82, 2.24) is 10.3 Å². The minimum absolute atomic E-state index is 0.292. The quantitative estimate of drug-likeness (QED) is 0.805. The number of aromatic nitrogens is 1. The smallest absolute Gasteiger partial charge is 0.123 e. The van der Waals surface area contributed by atoms with Gasteiger partial charge in [0.15, 0.2) is 0 Å². The Morgan fingerprint density at radius 1 is 1.22 bits per heavy atom. The largest absolute Gasteiger partial charge is 0.508 e. The van der Waals surface area contributed by atoms with Crippen LogP contribution in [-0.4, -0.2) is 28.2 Å². The van der Waals surface area contributed by atoms with Gasteiger partial charge < -0.3 is 16.2 Å². The first-order valence-electron chi connectivity index (χ1n) is 8.46. The van der Waals surface area contributed by atoms with Crippen LogP contribution in [0, 0.1) is 0 Å². The Labute approximate surface area is 140 Å². The second-order valence-electron chi connectivity index (χ2n) is 6.85. The molecule has 1 aromatic carbocycles. The fourth-order valence-corrected chi connectivity index (χ4v) is 4.60. The summed E-state index contributed by atoms with van der Waals surface area (Å²) in [5.74, 6) is 0.898. The Morgan fingerprint density at radius 2 is 2.04 bits per heavy atom. The lowest BCUT2D eigenvalue weighted by atomic mass is 9.92. The topological polar surface area (TPSA) is 71.2 Å². The summed E-state index contributed by atoms with van der Waals surface area (Å²) in [6, 6.07) is 8.98. The second kappa shape index (κ2) is 6.23. The monoisotopic (exact) mass is 329 g/mol. The summed E-state index contributed by atoms with van der Waals surface area (Å²) < 4.78 is 0. The maximum absolute atomic E-state index is 9.60. The highest BCUT2D eigenvalue weighted by atomic mass is 32.1. The fraction of sp³-hybridized carbons (Fsp3) is 0.500. The summed E-state index contributed by atoms with van der Waals surface area (Å²) >= 11 is 1.75. The number of nitrogens with zero attached hydrogens (tertiary/aromatic N) is 1. The predicted octanol–water partition coefficient (Wildman–Crippen LogP) is 3.23. The van der Waals surface area contributed by atoms with Crippen LogP contribution in [0.5, 0.6) is 5.75 Å². The molecule has 2 aliphatic rings. The molecule has 0 bridgehead atoms. The highest BCUT2D eigenvalue weighted by Crippen LogP contribution is 2.45. The van der Waals surface area contributed by atoms with E-state index in [1.54, 1.807) is 23.5 Å². The van der Waals surface area contributed by atoms with Crippen molar-refractivity contribution in [2.75, 3.05) is 0 Å². The molecule has 0 saturated heterocycles. The summed E-state index contributed by atoms with van der Waals surface area (Å²) in [6.07, 6.45) is 7.94. The molecule has 5 heteroatoms. The normalized spacial score (nSPS) is 30.3. The van der Waals surface area contributed by atoms with Gasteiger partial charge in [-0.1, -0.05) is 12.1 Å². The van der Waals surface area contributed by atoms with E-state index in [0.29, 0.717) is 29.8 Å². The maximum Gasteiger partial charge on any atom is 0.123 e. The van der Waals surface area contributed by atoms with Gasteiger partial charge >= 0.3 is 0 Å². The highest BCUT2D eigenvalue weighted by Gasteiger charge is 2.41. The molecule has 2 aliphatic carbocycles. The Bertz CT molecular complexity index is 678. The molecule has 2 saturated carbocycles. The molecule has 1 aromatic heterocycles. The molecule has 4 N–H and O–H groups in total. The van der Waals surface area contributed by atoms with E-state index in [9.17, 15) is 5.11 Å². The number of aromatic hydroxyl groups is 1. The van der Waals surface area contributed by atoms with E-state index in [1.807, 2.05) is 18.3 Å². The Morgan fingerprint density at radius 3 is 2.83 bits per heavy atom. The van der Waals surface area contributed by atoms with Gasteiger partial charge in [-0.25, -0.2) is 4.98 Å². The average Bonchev–Trinajstić information content (AvgIpc) is 3.13. The third-order valence-electron chi connectivity index (χ3n) is 4.99. The van der Waals surface area contributed by atoms with Crippen molar-refractivity contribution in [3.8, 4) is 16.3 Å². The lowest BCUT2D eigenvalue weighted by Gasteiger charge is -2.27. The van der Waals surface area contributed by atoms with Gasteiger partial charge in [-0.3, -0.25) is 0 Å². The number of thiazole rings is 1. The van der Waals surface area contributed by atoms with Crippen molar-refractivity contribution in [3.05, 3.63) is 35.3 Å². The van der Waals surface area contributed by atoms with Crippen molar-refractivity contribution in [2.24, 2.45) is 5.73 Å². The molecule has 122 valence electrons. The van der Waals surface area contributed by atoms with Gasteiger partial charge in [0.05, 0.1) is 0 Å². The molecule has 1 heterocycles. The van der Waals surface area contributed by atoms with Crippen molar-refractivity contribution in [3.63, 3.8) is 0 Å². The molecule has 0 aliphatic heterocycles. The van der Waals surface area contributed by atoms with Crippen LogP contribution in [0.3, 0.4) is 0 Å². The highest BCUT2D eigenvalue weighted by molar-refractivity contribution is 7.15.